The van der Waals surface area contributed by atoms with E-state index in [2.05, 4.69) is 0 Å². The van der Waals surface area contributed by atoms with Gasteiger partial charge >= 0.3 is 0 Å². The molecule has 0 spiro atoms. The summed E-state index contributed by atoms with van der Waals surface area (Å²) in [6, 6.07) is 1.42. The SMILES string of the molecule is O=C1NS(=O)(=O)c2ccsc21. The van der Waals surface area contributed by atoms with Crippen LogP contribution in [-0.2, 0) is 10.0 Å². The van der Waals surface area contributed by atoms with Crippen molar-refractivity contribution in [3.05, 3.63) is 16.3 Å². The van der Waals surface area contributed by atoms with Gasteiger partial charge in [-0.15, -0.1) is 11.3 Å². The van der Waals surface area contributed by atoms with Crippen LogP contribution in [0.15, 0.2) is 16.3 Å². The lowest BCUT2D eigenvalue weighted by Gasteiger charge is -1.89. The summed E-state index contributed by atoms with van der Waals surface area (Å²) >= 11 is 1.13. The number of hydrogen-bond donors (Lipinski definition) is 1. The first kappa shape index (κ1) is 6.81. The molecule has 1 aliphatic heterocycles. The average molecular weight is 189 g/mol. The Balaban J connectivity index is 2.83. The van der Waals surface area contributed by atoms with Gasteiger partial charge in [-0.1, -0.05) is 0 Å². The van der Waals surface area contributed by atoms with Gasteiger partial charge in [-0.3, -0.25) is 4.79 Å². The van der Waals surface area contributed by atoms with Crippen LogP contribution in [-0.4, -0.2) is 14.3 Å². The molecule has 0 atom stereocenters. The van der Waals surface area contributed by atoms with E-state index in [4.69, 9.17) is 0 Å². The minimum absolute atomic E-state index is 0.104. The molecule has 0 aliphatic carbocycles. The van der Waals surface area contributed by atoms with Gasteiger partial charge in [0.25, 0.3) is 15.9 Å². The highest BCUT2D eigenvalue weighted by Gasteiger charge is 2.33. The van der Waals surface area contributed by atoms with E-state index in [1.54, 1.807) is 5.38 Å². The lowest BCUT2D eigenvalue weighted by Crippen LogP contribution is -2.20. The summed E-state index contributed by atoms with van der Waals surface area (Å²) in [7, 11) is -3.50. The van der Waals surface area contributed by atoms with Crippen molar-refractivity contribution >= 4 is 27.3 Å². The summed E-state index contributed by atoms with van der Waals surface area (Å²) in [5, 5.41) is 1.58. The molecule has 0 bridgehead atoms. The van der Waals surface area contributed by atoms with Crippen LogP contribution >= 0.6 is 11.3 Å². The molecular formula is C5H3NO3S2. The van der Waals surface area contributed by atoms with Crippen LogP contribution in [0.2, 0.25) is 0 Å². The van der Waals surface area contributed by atoms with E-state index in [1.165, 1.54) is 6.07 Å². The number of carbonyl (C=O) groups excluding carboxylic acids is 1. The Bertz CT molecular complexity index is 417. The van der Waals surface area contributed by atoms with Gasteiger partial charge in [0.15, 0.2) is 0 Å². The van der Waals surface area contributed by atoms with E-state index in [0.717, 1.165) is 11.3 Å². The van der Waals surface area contributed by atoms with Crippen molar-refractivity contribution in [1.82, 2.24) is 4.72 Å². The van der Waals surface area contributed by atoms with Crippen LogP contribution in [0.5, 0.6) is 0 Å². The highest BCUT2D eigenvalue weighted by molar-refractivity contribution is 7.91. The molecule has 0 fully saturated rings. The molecule has 0 saturated heterocycles. The van der Waals surface area contributed by atoms with Crippen LogP contribution in [0, 0.1) is 0 Å². The Kier molecular flexibility index (Phi) is 1.13. The molecule has 6 heteroatoms. The lowest BCUT2D eigenvalue weighted by molar-refractivity contribution is 0.0989. The number of nitrogens with one attached hydrogen (secondary N) is 1. The van der Waals surface area contributed by atoms with Gasteiger partial charge in [0.2, 0.25) is 0 Å². The van der Waals surface area contributed by atoms with E-state index >= 15 is 0 Å². The minimum Gasteiger partial charge on any atom is -0.267 e. The van der Waals surface area contributed by atoms with Gasteiger partial charge in [0, 0.05) is 0 Å². The maximum absolute atomic E-state index is 11.0. The van der Waals surface area contributed by atoms with E-state index in [9.17, 15) is 13.2 Å². The molecule has 0 radical (unpaired) electrons. The van der Waals surface area contributed by atoms with Crippen molar-refractivity contribution in [3.63, 3.8) is 0 Å². The van der Waals surface area contributed by atoms with Crippen molar-refractivity contribution in [2.24, 2.45) is 0 Å². The van der Waals surface area contributed by atoms with Crippen LogP contribution in [0.3, 0.4) is 0 Å². The second-order valence-corrected chi connectivity index (χ2v) is 4.62. The van der Waals surface area contributed by atoms with Crippen LogP contribution in [0.25, 0.3) is 0 Å². The predicted molar refractivity (Wildman–Crippen MR) is 39.0 cm³/mol. The second-order valence-electron chi connectivity index (χ2n) is 2.05. The molecule has 1 N–H and O–H groups in total. The third-order valence-corrected chi connectivity index (χ3v) is 3.77. The Labute approximate surface area is 66.9 Å². The molecule has 2 rings (SSSR count). The number of fused-ring (bicyclic) bond motifs is 1. The fourth-order valence-electron chi connectivity index (χ4n) is 0.898. The summed E-state index contributed by atoms with van der Waals surface area (Å²) in [6.07, 6.45) is 0. The molecule has 1 aromatic rings. The molecule has 2 heterocycles. The van der Waals surface area contributed by atoms with E-state index in [0.29, 0.717) is 0 Å². The van der Waals surface area contributed by atoms with Gasteiger partial charge in [-0.2, -0.15) is 0 Å². The molecule has 1 aliphatic rings. The molecule has 4 nitrogen and oxygen atoms in total. The van der Waals surface area contributed by atoms with Crippen molar-refractivity contribution < 1.29 is 13.2 Å². The number of thiophene rings is 1. The number of hydrogen-bond acceptors (Lipinski definition) is 4. The topological polar surface area (TPSA) is 63.2 Å². The molecule has 11 heavy (non-hydrogen) atoms. The number of carbonyl (C=O) groups is 1. The number of sulfonamides is 1. The molecule has 0 unspecified atom stereocenters. The average Bonchev–Trinajstić information content (AvgIpc) is 2.37. The Hall–Kier alpha value is -0.880. The van der Waals surface area contributed by atoms with E-state index in [-0.39, 0.29) is 9.77 Å². The molecule has 0 saturated carbocycles. The minimum atomic E-state index is -3.50. The summed E-state index contributed by atoms with van der Waals surface area (Å²) in [6.45, 7) is 0. The van der Waals surface area contributed by atoms with Gasteiger partial charge in [-0.25, -0.2) is 13.1 Å². The van der Waals surface area contributed by atoms with Crippen molar-refractivity contribution in [1.29, 1.82) is 0 Å². The molecular weight excluding hydrogens is 186 g/mol. The maximum Gasteiger partial charge on any atom is 0.276 e. The quantitative estimate of drug-likeness (QED) is 0.633. The standard InChI is InChI=1S/C5H3NO3S2/c7-5-4-3(1-2-10-4)11(8,9)6-5/h1-2H,(H,6,7). The number of rotatable bonds is 0. The monoisotopic (exact) mass is 189 g/mol. The highest BCUT2D eigenvalue weighted by atomic mass is 32.2. The summed E-state index contributed by atoms with van der Waals surface area (Å²) in [4.78, 5) is 11.2. The van der Waals surface area contributed by atoms with E-state index in [1.807, 2.05) is 4.72 Å². The van der Waals surface area contributed by atoms with Crippen LogP contribution in [0.1, 0.15) is 9.67 Å². The van der Waals surface area contributed by atoms with Gasteiger partial charge in [0.1, 0.15) is 9.77 Å². The second kappa shape index (κ2) is 1.83. The van der Waals surface area contributed by atoms with Crippen molar-refractivity contribution in [2.45, 2.75) is 4.90 Å². The van der Waals surface area contributed by atoms with E-state index < -0.39 is 15.9 Å². The Morgan fingerprint density at radius 2 is 2.18 bits per heavy atom. The third kappa shape index (κ3) is 0.795. The van der Waals surface area contributed by atoms with Gasteiger partial charge < -0.3 is 0 Å². The fourth-order valence-corrected chi connectivity index (χ4v) is 3.24. The molecule has 1 amide bonds. The zero-order valence-electron chi connectivity index (χ0n) is 5.20. The van der Waals surface area contributed by atoms with Crippen LogP contribution in [0.4, 0.5) is 0 Å². The first-order chi connectivity index (χ1) is 5.11. The predicted octanol–water partition coefficient (Wildman–Crippen LogP) is 0.180. The highest BCUT2D eigenvalue weighted by Crippen LogP contribution is 2.26. The lowest BCUT2D eigenvalue weighted by atomic mass is 10.5. The van der Waals surface area contributed by atoms with Crippen LogP contribution < -0.4 is 4.72 Å². The molecule has 0 aromatic carbocycles. The summed E-state index contributed by atoms with van der Waals surface area (Å²) in [5.41, 5.74) is 0. The zero-order valence-corrected chi connectivity index (χ0v) is 6.83. The Morgan fingerprint density at radius 3 is 2.82 bits per heavy atom. The first-order valence-corrected chi connectivity index (χ1v) is 5.12. The maximum atomic E-state index is 11.0. The van der Waals surface area contributed by atoms with Gasteiger partial charge in [0.05, 0.1) is 0 Å². The largest absolute Gasteiger partial charge is 0.276 e. The Morgan fingerprint density at radius 1 is 1.45 bits per heavy atom. The summed E-state index contributed by atoms with van der Waals surface area (Å²) < 4.78 is 23.9. The molecule has 1 aromatic heterocycles. The first-order valence-electron chi connectivity index (χ1n) is 2.76. The normalized spacial score (nSPS) is 19.5. The zero-order chi connectivity index (χ0) is 8.06. The van der Waals surface area contributed by atoms with Crippen molar-refractivity contribution in [3.8, 4) is 0 Å². The number of amides is 1. The van der Waals surface area contributed by atoms with Crippen molar-refractivity contribution in [2.75, 3.05) is 0 Å². The third-order valence-electron chi connectivity index (χ3n) is 1.35. The summed E-state index contributed by atoms with van der Waals surface area (Å²) in [5.74, 6) is -0.519. The fraction of sp³-hybridized carbons (Fsp3) is 0. The van der Waals surface area contributed by atoms with Gasteiger partial charge in [-0.05, 0) is 11.4 Å². The smallest absolute Gasteiger partial charge is 0.267 e. The molecule has 58 valence electrons.